The van der Waals surface area contributed by atoms with E-state index in [0.717, 1.165) is 41.2 Å². The van der Waals surface area contributed by atoms with Crippen molar-refractivity contribution in [1.29, 1.82) is 0 Å². The maximum absolute atomic E-state index is 13.7. The molecule has 2 aromatic rings. The van der Waals surface area contributed by atoms with E-state index in [9.17, 15) is 9.59 Å². The summed E-state index contributed by atoms with van der Waals surface area (Å²) in [5.41, 5.74) is 2.22. The van der Waals surface area contributed by atoms with Gasteiger partial charge in [-0.1, -0.05) is 23.7 Å². The quantitative estimate of drug-likeness (QED) is 0.505. The lowest BCUT2D eigenvalue weighted by Crippen LogP contribution is -2.42. The fourth-order valence-corrected chi connectivity index (χ4v) is 5.45. The summed E-state index contributed by atoms with van der Waals surface area (Å²) in [6, 6.07) is 11.4. The second kappa shape index (κ2) is 10.6. The Bertz CT molecular complexity index is 1100. The number of amides is 1. The molecule has 0 aliphatic carbocycles. The van der Waals surface area contributed by atoms with Gasteiger partial charge in [0.1, 0.15) is 23.6 Å². The first-order valence-electron chi connectivity index (χ1n) is 12.4. The minimum atomic E-state index is -0.572. The number of likely N-dealkylation sites (tertiary alicyclic amines) is 1. The molecule has 2 aromatic carbocycles. The molecule has 0 bridgehead atoms. The van der Waals surface area contributed by atoms with Crippen LogP contribution in [0.15, 0.2) is 36.4 Å². The second-order valence-corrected chi connectivity index (χ2v) is 10.8. The number of piperidine rings is 1. The molecule has 8 heteroatoms. The first kappa shape index (κ1) is 26.1. The Labute approximate surface area is 218 Å². The maximum Gasteiger partial charge on any atom is 0.326 e. The molecule has 1 unspecified atom stereocenters. The summed E-state index contributed by atoms with van der Waals surface area (Å²) in [6.45, 7) is 7.33. The van der Waals surface area contributed by atoms with Gasteiger partial charge in [-0.15, -0.1) is 0 Å². The van der Waals surface area contributed by atoms with E-state index in [1.54, 1.807) is 20.3 Å². The Morgan fingerprint density at radius 2 is 1.67 bits per heavy atom. The van der Waals surface area contributed by atoms with Crippen LogP contribution in [-0.4, -0.2) is 62.8 Å². The number of rotatable bonds is 6. The van der Waals surface area contributed by atoms with Crippen LogP contribution in [0.1, 0.15) is 56.6 Å². The molecule has 0 aromatic heterocycles. The summed E-state index contributed by atoms with van der Waals surface area (Å²) in [4.78, 5) is 30.1. The number of hydrogen-bond acceptors (Lipinski definition) is 6. The van der Waals surface area contributed by atoms with Gasteiger partial charge in [0.15, 0.2) is 0 Å². The van der Waals surface area contributed by atoms with Crippen molar-refractivity contribution in [2.45, 2.75) is 51.0 Å². The molecule has 7 nitrogen and oxygen atoms in total. The highest BCUT2D eigenvalue weighted by atomic mass is 35.5. The molecule has 36 heavy (non-hydrogen) atoms. The molecule has 0 saturated carbocycles. The number of benzene rings is 2. The Morgan fingerprint density at radius 1 is 1.03 bits per heavy atom. The topological polar surface area (TPSA) is 68.3 Å². The van der Waals surface area contributed by atoms with Crippen LogP contribution in [0, 0.1) is 0 Å². The van der Waals surface area contributed by atoms with Crippen molar-refractivity contribution in [3.05, 3.63) is 52.5 Å². The fourth-order valence-electron chi connectivity index (χ4n) is 5.28. The van der Waals surface area contributed by atoms with Crippen LogP contribution in [0.25, 0.3) is 0 Å². The van der Waals surface area contributed by atoms with Crippen LogP contribution in [0.3, 0.4) is 0 Å². The highest BCUT2D eigenvalue weighted by Gasteiger charge is 2.39. The molecule has 0 N–H and O–H groups in total. The number of carbonyl (C=O) groups excluding carboxylic acids is 2. The van der Waals surface area contributed by atoms with Crippen molar-refractivity contribution in [3.63, 3.8) is 0 Å². The van der Waals surface area contributed by atoms with Gasteiger partial charge in [-0.05, 0) is 69.4 Å². The Balaban J connectivity index is 1.48. The van der Waals surface area contributed by atoms with E-state index < -0.39 is 5.60 Å². The zero-order chi connectivity index (χ0) is 26.0. The molecule has 2 heterocycles. The van der Waals surface area contributed by atoms with Crippen molar-refractivity contribution in [2.24, 2.45) is 0 Å². The van der Waals surface area contributed by atoms with Crippen molar-refractivity contribution in [2.75, 3.05) is 45.3 Å². The van der Waals surface area contributed by atoms with Crippen molar-refractivity contribution < 1.29 is 23.8 Å². The second-order valence-electron chi connectivity index (χ2n) is 10.4. The molecule has 4 rings (SSSR count). The first-order chi connectivity index (χ1) is 17.1. The zero-order valence-corrected chi connectivity index (χ0v) is 22.4. The van der Waals surface area contributed by atoms with E-state index in [0.29, 0.717) is 24.7 Å². The highest BCUT2D eigenvalue weighted by molar-refractivity contribution is 6.31. The lowest BCUT2D eigenvalue weighted by molar-refractivity contribution is -0.153. The normalized spacial score (nSPS) is 18.1. The van der Waals surface area contributed by atoms with Gasteiger partial charge < -0.3 is 24.0 Å². The van der Waals surface area contributed by atoms with E-state index in [1.165, 1.54) is 0 Å². The van der Waals surface area contributed by atoms with Crippen LogP contribution in [0.5, 0.6) is 11.5 Å². The smallest absolute Gasteiger partial charge is 0.326 e. The van der Waals surface area contributed by atoms with Crippen LogP contribution in [0.2, 0.25) is 5.02 Å². The number of carbonyl (C=O) groups is 2. The van der Waals surface area contributed by atoms with Crippen LogP contribution >= 0.6 is 11.6 Å². The van der Waals surface area contributed by atoms with Gasteiger partial charge in [0.25, 0.3) is 0 Å². The molecule has 1 saturated heterocycles. The molecule has 2 aliphatic heterocycles. The number of nitrogens with zero attached hydrogens (tertiary/aromatic N) is 2. The first-order valence-corrected chi connectivity index (χ1v) is 12.7. The molecule has 194 valence electrons. The molecule has 0 spiro atoms. The molecule has 0 radical (unpaired) electrons. The van der Waals surface area contributed by atoms with E-state index >= 15 is 0 Å². The third kappa shape index (κ3) is 5.56. The minimum absolute atomic E-state index is 0.0735. The average Bonchev–Trinajstić information content (AvgIpc) is 3.19. The van der Waals surface area contributed by atoms with Gasteiger partial charge >= 0.3 is 5.97 Å². The van der Waals surface area contributed by atoms with Gasteiger partial charge in [0.2, 0.25) is 5.91 Å². The number of esters is 1. The van der Waals surface area contributed by atoms with Crippen molar-refractivity contribution in [1.82, 2.24) is 4.90 Å². The van der Waals surface area contributed by atoms with Gasteiger partial charge in [0.05, 0.1) is 20.1 Å². The van der Waals surface area contributed by atoms with E-state index in [2.05, 4.69) is 0 Å². The molecular weight excluding hydrogens is 480 g/mol. The fraction of sp³-hybridized carbons (Fsp3) is 0.500. The molecule has 2 aliphatic rings. The Kier molecular flexibility index (Phi) is 7.69. The number of halogens is 1. The van der Waals surface area contributed by atoms with Crippen molar-refractivity contribution in [3.8, 4) is 11.5 Å². The van der Waals surface area contributed by atoms with Crippen LogP contribution in [-0.2, 0) is 14.3 Å². The number of fused-ring (bicyclic) bond motifs is 1. The number of hydrogen-bond donors (Lipinski definition) is 0. The van der Waals surface area contributed by atoms with E-state index in [4.69, 9.17) is 25.8 Å². The summed E-state index contributed by atoms with van der Waals surface area (Å²) in [5, 5.41) is 0.572. The van der Waals surface area contributed by atoms with Gasteiger partial charge in [0, 0.05) is 35.9 Å². The number of ether oxygens (including phenoxy) is 3. The summed E-state index contributed by atoms with van der Waals surface area (Å²) in [6.07, 6.45) is 1.65. The lowest BCUT2D eigenvalue weighted by atomic mass is 9.87. The predicted octanol–water partition coefficient (Wildman–Crippen LogP) is 5.01. The summed E-state index contributed by atoms with van der Waals surface area (Å²) in [5.74, 6) is 1.29. The van der Waals surface area contributed by atoms with Gasteiger partial charge in [-0.3, -0.25) is 9.59 Å². The largest absolute Gasteiger partial charge is 0.496 e. The zero-order valence-electron chi connectivity index (χ0n) is 21.7. The molecule has 1 fully saturated rings. The Hall–Kier alpha value is -2.93. The average molecular weight is 515 g/mol. The van der Waals surface area contributed by atoms with Gasteiger partial charge in [-0.2, -0.15) is 0 Å². The summed E-state index contributed by atoms with van der Waals surface area (Å²) < 4.78 is 16.7. The third-order valence-electron chi connectivity index (χ3n) is 6.83. The molecular formula is C28H35ClN2O5. The highest BCUT2D eigenvalue weighted by Crippen LogP contribution is 2.42. The number of methoxy groups -OCH3 is 2. The molecule has 1 amide bonds. The van der Waals surface area contributed by atoms with Crippen LogP contribution < -0.4 is 14.4 Å². The third-order valence-corrected chi connectivity index (χ3v) is 7.07. The lowest BCUT2D eigenvalue weighted by Gasteiger charge is -2.34. The summed E-state index contributed by atoms with van der Waals surface area (Å²) in [7, 11) is 3.34. The Morgan fingerprint density at radius 3 is 2.25 bits per heavy atom. The monoisotopic (exact) mass is 514 g/mol. The predicted molar refractivity (Wildman–Crippen MR) is 140 cm³/mol. The molecule has 1 atom stereocenters. The van der Waals surface area contributed by atoms with Crippen molar-refractivity contribution >= 4 is 29.2 Å². The van der Waals surface area contributed by atoms with E-state index in [-0.39, 0.29) is 30.3 Å². The number of anilines is 1. The maximum atomic E-state index is 13.7. The summed E-state index contributed by atoms with van der Waals surface area (Å²) >= 11 is 6.27. The van der Waals surface area contributed by atoms with Crippen LogP contribution in [0.4, 0.5) is 5.69 Å². The SMILES string of the molecule is COc1cccc(OC)c1C1CCN(C(=O)C2CN(CC(=O)OC(C)(C)C)c3cc(Cl)ccc32)CC1. The standard InChI is InChI=1S/C28H35ClN2O5/c1-28(2,3)36-25(32)17-31-16-21(20-10-9-19(29)15-22(20)31)27(33)30-13-11-18(12-14-30)26-23(34-4)7-6-8-24(26)35-5/h6-10,15,18,21H,11-14,16-17H2,1-5H3. The van der Waals surface area contributed by atoms with Gasteiger partial charge in [-0.25, -0.2) is 0 Å². The van der Waals surface area contributed by atoms with E-state index in [1.807, 2.05) is 60.9 Å². The minimum Gasteiger partial charge on any atom is -0.496 e.